The summed E-state index contributed by atoms with van der Waals surface area (Å²) in [6, 6.07) is 4.87. The molecule has 0 aromatic heterocycles. The lowest BCUT2D eigenvalue weighted by Gasteiger charge is -2.11. The summed E-state index contributed by atoms with van der Waals surface area (Å²) in [6.45, 7) is 0. The fraction of sp³-hybridized carbons (Fsp3) is 0.188. The third-order valence-corrected chi connectivity index (χ3v) is 6.43. The van der Waals surface area contributed by atoms with Gasteiger partial charge in [-0.2, -0.15) is 13.2 Å². The van der Waals surface area contributed by atoms with Gasteiger partial charge in [-0.3, -0.25) is 19.1 Å². The molecule has 0 spiro atoms. The highest BCUT2D eigenvalue weighted by molar-refractivity contribution is 7.90. The average Bonchev–Trinajstić information content (AvgIpc) is 2.61. The molecular formula is C16H12ClF3N2O6S2. The number of nitrogens with one attached hydrogen (secondary N) is 1. The molecule has 1 unspecified atom stereocenters. The topological polar surface area (TPSA) is 123 Å². The Hall–Kier alpha value is -2.51. The number of nitro benzene ring substituents is 1. The molecule has 0 aliphatic carbocycles. The van der Waals surface area contributed by atoms with Crippen LogP contribution in [0.4, 0.5) is 24.5 Å². The predicted octanol–water partition coefficient (Wildman–Crippen LogP) is 3.42. The van der Waals surface area contributed by atoms with Crippen LogP contribution in [0.25, 0.3) is 0 Å². The number of nitro groups is 1. The number of alkyl halides is 3. The molecule has 0 radical (unpaired) electrons. The Balaban J connectivity index is 2.27. The molecule has 2 aromatic carbocycles. The van der Waals surface area contributed by atoms with E-state index in [2.05, 4.69) is 5.32 Å². The predicted molar refractivity (Wildman–Crippen MR) is 103 cm³/mol. The van der Waals surface area contributed by atoms with Gasteiger partial charge in [-0.05, 0) is 30.3 Å². The van der Waals surface area contributed by atoms with Crippen LogP contribution in [-0.4, -0.2) is 35.5 Å². The maximum absolute atomic E-state index is 12.8. The van der Waals surface area contributed by atoms with Crippen molar-refractivity contribution in [1.29, 1.82) is 0 Å². The van der Waals surface area contributed by atoms with Crippen LogP contribution in [0.5, 0.6) is 0 Å². The van der Waals surface area contributed by atoms with Gasteiger partial charge in [0.15, 0.2) is 9.84 Å². The van der Waals surface area contributed by atoms with Crippen LogP contribution >= 0.6 is 11.6 Å². The third-order valence-electron chi connectivity index (χ3n) is 3.63. The van der Waals surface area contributed by atoms with Crippen LogP contribution in [0.3, 0.4) is 0 Å². The molecule has 0 aliphatic heterocycles. The molecule has 2 aromatic rings. The number of carbonyl (C=O) groups is 1. The first-order valence-electron chi connectivity index (χ1n) is 7.73. The number of hydrogen-bond acceptors (Lipinski definition) is 6. The molecule has 0 saturated carbocycles. The number of anilines is 1. The van der Waals surface area contributed by atoms with Crippen molar-refractivity contribution in [3.8, 4) is 0 Å². The first kappa shape index (κ1) is 23.8. The number of benzene rings is 2. The molecule has 30 heavy (non-hydrogen) atoms. The Labute approximate surface area is 175 Å². The van der Waals surface area contributed by atoms with Gasteiger partial charge in [0.1, 0.15) is 10.6 Å². The fourth-order valence-corrected chi connectivity index (χ4v) is 4.10. The van der Waals surface area contributed by atoms with E-state index in [0.717, 1.165) is 24.5 Å². The van der Waals surface area contributed by atoms with E-state index in [1.165, 1.54) is 0 Å². The van der Waals surface area contributed by atoms with Crippen molar-refractivity contribution in [2.45, 2.75) is 16.0 Å². The third kappa shape index (κ3) is 5.77. The van der Waals surface area contributed by atoms with Crippen molar-refractivity contribution in [1.82, 2.24) is 0 Å². The molecule has 0 saturated heterocycles. The quantitative estimate of drug-likeness (QED) is 0.495. The average molecular weight is 485 g/mol. The number of sulfone groups is 1. The molecule has 1 amide bonds. The summed E-state index contributed by atoms with van der Waals surface area (Å²) in [5, 5.41) is 13.1. The Bertz CT molecular complexity index is 1150. The van der Waals surface area contributed by atoms with Crippen LogP contribution in [0, 0.1) is 10.1 Å². The monoisotopic (exact) mass is 484 g/mol. The minimum Gasteiger partial charge on any atom is -0.324 e. The molecule has 0 bridgehead atoms. The van der Waals surface area contributed by atoms with Crippen molar-refractivity contribution >= 4 is 49.5 Å². The van der Waals surface area contributed by atoms with Crippen LogP contribution < -0.4 is 5.32 Å². The Kier molecular flexibility index (Phi) is 6.89. The smallest absolute Gasteiger partial charge is 0.324 e. The molecule has 2 rings (SSSR count). The Morgan fingerprint density at radius 3 is 2.40 bits per heavy atom. The maximum atomic E-state index is 12.8. The molecule has 0 heterocycles. The van der Waals surface area contributed by atoms with Crippen LogP contribution in [0.1, 0.15) is 5.56 Å². The van der Waals surface area contributed by atoms with Crippen LogP contribution in [-0.2, 0) is 31.6 Å². The van der Waals surface area contributed by atoms with E-state index in [1.54, 1.807) is 0 Å². The van der Waals surface area contributed by atoms with Gasteiger partial charge in [0.25, 0.3) is 5.69 Å². The van der Waals surface area contributed by atoms with E-state index in [0.29, 0.717) is 18.2 Å². The lowest BCUT2D eigenvalue weighted by molar-refractivity contribution is -0.388. The summed E-state index contributed by atoms with van der Waals surface area (Å²) in [6.07, 6.45) is -3.86. The standard InChI is InChI=1S/C16H12ClF3N2O6S2/c1-30(27,28)10-3-5-14(13(7-10)22(24)25)29(26)8-15(23)21-12-6-9(16(18,19)20)2-4-11(12)17/h2-7H,8H2,1H3,(H,21,23). The molecule has 1 N–H and O–H groups in total. The van der Waals surface area contributed by atoms with Crippen molar-refractivity contribution in [3.63, 3.8) is 0 Å². The van der Waals surface area contributed by atoms with E-state index in [1.807, 2.05) is 0 Å². The zero-order valence-electron chi connectivity index (χ0n) is 14.9. The lowest BCUT2D eigenvalue weighted by atomic mass is 10.2. The number of hydrogen-bond donors (Lipinski definition) is 1. The van der Waals surface area contributed by atoms with Crippen molar-refractivity contribution < 1.29 is 35.5 Å². The van der Waals surface area contributed by atoms with Crippen molar-refractivity contribution in [3.05, 3.63) is 57.1 Å². The van der Waals surface area contributed by atoms with Crippen LogP contribution in [0.15, 0.2) is 46.2 Å². The van der Waals surface area contributed by atoms with Crippen molar-refractivity contribution in [2.24, 2.45) is 0 Å². The SMILES string of the molecule is CS(=O)(=O)c1ccc(S(=O)CC(=O)Nc2cc(C(F)(F)F)ccc2Cl)c([N+](=O)[O-])c1. The lowest BCUT2D eigenvalue weighted by Crippen LogP contribution is -2.20. The van der Waals surface area contributed by atoms with E-state index in [4.69, 9.17) is 11.6 Å². The van der Waals surface area contributed by atoms with Gasteiger partial charge in [-0.25, -0.2) is 8.42 Å². The molecule has 0 aliphatic rings. The van der Waals surface area contributed by atoms with Gasteiger partial charge in [-0.1, -0.05) is 11.6 Å². The summed E-state index contributed by atoms with van der Waals surface area (Å²) >= 11 is 5.77. The second-order valence-corrected chi connectivity index (χ2v) is 9.73. The highest BCUT2D eigenvalue weighted by Crippen LogP contribution is 2.34. The van der Waals surface area contributed by atoms with Gasteiger partial charge in [-0.15, -0.1) is 0 Å². The second kappa shape index (κ2) is 8.70. The number of halogens is 4. The number of rotatable bonds is 6. The van der Waals surface area contributed by atoms with Gasteiger partial charge < -0.3 is 5.32 Å². The Morgan fingerprint density at radius 2 is 1.87 bits per heavy atom. The normalized spacial score (nSPS) is 13.0. The van der Waals surface area contributed by atoms with Gasteiger partial charge in [0.2, 0.25) is 5.91 Å². The molecule has 162 valence electrons. The zero-order chi connectivity index (χ0) is 22.9. The largest absolute Gasteiger partial charge is 0.416 e. The number of carbonyl (C=O) groups excluding carboxylic acids is 1. The minimum absolute atomic E-state index is 0.203. The summed E-state index contributed by atoms with van der Waals surface area (Å²) in [7, 11) is -6.07. The van der Waals surface area contributed by atoms with Gasteiger partial charge in [0, 0.05) is 12.3 Å². The van der Waals surface area contributed by atoms with E-state index < -0.39 is 59.5 Å². The van der Waals surface area contributed by atoms with Crippen LogP contribution in [0.2, 0.25) is 5.02 Å². The van der Waals surface area contributed by atoms with Crippen molar-refractivity contribution in [2.75, 3.05) is 17.3 Å². The molecule has 0 fully saturated rings. The molecular weight excluding hydrogens is 473 g/mol. The molecule has 1 atom stereocenters. The first-order valence-corrected chi connectivity index (χ1v) is 11.3. The maximum Gasteiger partial charge on any atom is 0.416 e. The highest BCUT2D eigenvalue weighted by atomic mass is 35.5. The highest BCUT2D eigenvalue weighted by Gasteiger charge is 2.31. The fourth-order valence-electron chi connectivity index (χ4n) is 2.24. The van der Waals surface area contributed by atoms with Gasteiger partial charge in [0.05, 0.1) is 36.9 Å². The molecule has 14 heteroatoms. The van der Waals surface area contributed by atoms with E-state index in [9.17, 15) is 40.7 Å². The summed E-state index contributed by atoms with van der Waals surface area (Å²) < 4.78 is 73.9. The van der Waals surface area contributed by atoms with E-state index in [-0.39, 0.29) is 15.6 Å². The Morgan fingerprint density at radius 1 is 1.23 bits per heavy atom. The summed E-state index contributed by atoms with van der Waals surface area (Å²) in [5.74, 6) is -1.86. The second-order valence-electron chi connectivity index (χ2n) is 5.89. The number of nitrogens with zero attached hydrogens (tertiary/aromatic N) is 1. The summed E-state index contributed by atoms with van der Waals surface area (Å²) in [5.41, 5.74) is -2.23. The van der Waals surface area contributed by atoms with E-state index >= 15 is 0 Å². The number of amides is 1. The first-order chi connectivity index (χ1) is 13.7. The van der Waals surface area contributed by atoms with Gasteiger partial charge >= 0.3 is 6.18 Å². The zero-order valence-corrected chi connectivity index (χ0v) is 17.3. The minimum atomic E-state index is -4.69. The molecule has 8 nitrogen and oxygen atoms in total. The summed E-state index contributed by atoms with van der Waals surface area (Å²) in [4.78, 5) is 21.6.